The van der Waals surface area contributed by atoms with Crippen molar-refractivity contribution in [3.63, 3.8) is 0 Å². The Bertz CT molecular complexity index is 1100. The van der Waals surface area contributed by atoms with Crippen LogP contribution in [0.1, 0.15) is 31.4 Å². The van der Waals surface area contributed by atoms with E-state index in [4.69, 9.17) is 4.74 Å². The lowest BCUT2D eigenvalue weighted by atomic mass is 10.0. The van der Waals surface area contributed by atoms with Gasteiger partial charge in [-0.05, 0) is 54.7 Å². The lowest BCUT2D eigenvalue weighted by Gasteiger charge is -2.10. The number of ether oxygens (including phenoxy) is 1. The molecule has 0 saturated heterocycles. The van der Waals surface area contributed by atoms with Crippen LogP contribution in [0.3, 0.4) is 0 Å². The summed E-state index contributed by atoms with van der Waals surface area (Å²) in [4.78, 5) is 24.8. The smallest absolute Gasteiger partial charge is 0.305 e. The first-order valence-electron chi connectivity index (χ1n) is 9.85. The van der Waals surface area contributed by atoms with Crippen LogP contribution in [0.5, 0.6) is 0 Å². The fourth-order valence-corrected chi connectivity index (χ4v) is 5.21. The highest BCUT2D eigenvalue weighted by Gasteiger charge is 2.30. The van der Waals surface area contributed by atoms with Gasteiger partial charge in [0.15, 0.2) is 5.69 Å². The third-order valence-electron chi connectivity index (χ3n) is 5.62. The molecule has 1 fully saturated rings. The van der Waals surface area contributed by atoms with E-state index in [0.717, 1.165) is 30.6 Å². The predicted molar refractivity (Wildman–Crippen MR) is 112 cm³/mol. The number of carbonyl (C=O) groups is 1. The average molecular weight is 429 g/mol. The van der Waals surface area contributed by atoms with Gasteiger partial charge in [-0.25, -0.2) is 4.68 Å². The van der Waals surface area contributed by atoms with E-state index in [9.17, 15) is 9.59 Å². The molecule has 1 aliphatic carbocycles. The standard InChI is InChI=1S/C20H24N6O3S/c1-13-18(19(28)26(24(13)2)15-7-5-4-6-8-15)25-20(21-22-23-25)30-16-10-9-14(11-16)12-17(27)29-3/h4-8,14,16H,9-12H2,1-3H3. The van der Waals surface area contributed by atoms with Gasteiger partial charge in [0.2, 0.25) is 5.16 Å². The van der Waals surface area contributed by atoms with Crippen LogP contribution in [0.4, 0.5) is 0 Å². The average Bonchev–Trinajstić information content (AvgIpc) is 3.43. The second-order valence-electron chi connectivity index (χ2n) is 7.48. The number of benzene rings is 1. The number of thioether (sulfide) groups is 1. The Hall–Kier alpha value is -2.88. The molecule has 1 aliphatic rings. The van der Waals surface area contributed by atoms with Crippen molar-refractivity contribution in [3.8, 4) is 11.4 Å². The molecule has 2 aromatic heterocycles. The lowest BCUT2D eigenvalue weighted by molar-refractivity contribution is -0.141. The molecule has 0 bridgehead atoms. The van der Waals surface area contributed by atoms with Crippen molar-refractivity contribution in [1.29, 1.82) is 0 Å². The Morgan fingerprint density at radius 3 is 2.77 bits per heavy atom. The van der Waals surface area contributed by atoms with Crippen molar-refractivity contribution in [1.82, 2.24) is 29.6 Å². The van der Waals surface area contributed by atoms with Crippen LogP contribution in [-0.4, -0.2) is 47.9 Å². The van der Waals surface area contributed by atoms with Crippen LogP contribution < -0.4 is 5.56 Å². The Labute approximate surface area is 178 Å². The minimum Gasteiger partial charge on any atom is -0.469 e. The van der Waals surface area contributed by atoms with Crippen LogP contribution in [-0.2, 0) is 16.6 Å². The van der Waals surface area contributed by atoms with Gasteiger partial charge in [-0.2, -0.15) is 4.68 Å². The first-order valence-corrected chi connectivity index (χ1v) is 10.7. The molecular weight excluding hydrogens is 404 g/mol. The van der Waals surface area contributed by atoms with Crippen LogP contribution >= 0.6 is 11.8 Å². The fraction of sp³-hybridized carbons (Fsp3) is 0.450. The van der Waals surface area contributed by atoms with Gasteiger partial charge in [-0.1, -0.05) is 30.0 Å². The highest BCUT2D eigenvalue weighted by atomic mass is 32.2. The molecule has 158 valence electrons. The number of tetrazole rings is 1. The quantitative estimate of drug-likeness (QED) is 0.556. The predicted octanol–water partition coefficient (Wildman–Crippen LogP) is 2.28. The molecule has 1 aromatic carbocycles. The number of methoxy groups -OCH3 is 1. The minimum absolute atomic E-state index is 0.170. The van der Waals surface area contributed by atoms with E-state index in [0.29, 0.717) is 28.4 Å². The van der Waals surface area contributed by atoms with E-state index in [1.54, 1.807) is 16.4 Å². The third-order valence-corrected chi connectivity index (χ3v) is 6.85. The van der Waals surface area contributed by atoms with Gasteiger partial charge < -0.3 is 4.74 Å². The van der Waals surface area contributed by atoms with Crippen LogP contribution in [0, 0.1) is 12.8 Å². The SMILES string of the molecule is COC(=O)CC1CCC(Sc2nnnn2-c2c(C)n(C)n(-c3ccccc3)c2=O)C1. The molecule has 0 spiro atoms. The molecule has 0 radical (unpaired) electrons. The summed E-state index contributed by atoms with van der Waals surface area (Å²) >= 11 is 1.56. The highest BCUT2D eigenvalue weighted by Crippen LogP contribution is 2.39. The molecule has 30 heavy (non-hydrogen) atoms. The number of aromatic nitrogens is 6. The maximum atomic E-state index is 13.3. The highest BCUT2D eigenvalue weighted by molar-refractivity contribution is 7.99. The van der Waals surface area contributed by atoms with Crippen molar-refractivity contribution in [2.45, 2.75) is 43.0 Å². The van der Waals surface area contributed by atoms with E-state index in [-0.39, 0.29) is 11.5 Å². The van der Waals surface area contributed by atoms with Gasteiger partial charge in [0, 0.05) is 18.7 Å². The summed E-state index contributed by atoms with van der Waals surface area (Å²) < 4.78 is 9.75. The number of esters is 1. The zero-order valence-corrected chi connectivity index (χ0v) is 18.0. The van der Waals surface area contributed by atoms with Gasteiger partial charge in [0.05, 0.1) is 18.5 Å². The first-order chi connectivity index (χ1) is 14.5. The summed E-state index contributed by atoms with van der Waals surface area (Å²) in [6.07, 6.45) is 3.29. The molecule has 0 N–H and O–H groups in total. The molecule has 2 heterocycles. The summed E-state index contributed by atoms with van der Waals surface area (Å²) in [6, 6.07) is 9.48. The maximum absolute atomic E-state index is 13.3. The van der Waals surface area contributed by atoms with Gasteiger partial charge in [-0.15, -0.1) is 5.10 Å². The molecule has 0 amide bonds. The molecule has 10 heteroatoms. The molecule has 3 aromatic rings. The second kappa shape index (κ2) is 8.47. The van der Waals surface area contributed by atoms with E-state index in [2.05, 4.69) is 15.5 Å². The Balaban J connectivity index is 1.60. The molecule has 0 aliphatic heterocycles. The van der Waals surface area contributed by atoms with Crippen LogP contribution in [0.25, 0.3) is 11.4 Å². The van der Waals surface area contributed by atoms with Crippen molar-refractivity contribution >= 4 is 17.7 Å². The first kappa shape index (κ1) is 20.4. The number of hydrogen-bond acceptors (Lipinski definition) is 7. The van der Waals surface area contributed by atoms with Gasteiger partial charge in [0.25, 0.3) is 5.56 Å². The zero-order chi connectivity index (χ0) is 21.3. The van der Waals surface area contributed by atoms with E-state index in [1.165, 1.54) is 11.8 Å². The van der Waals surface area contributed by atoms with Crippen molar-refractivity contribution in [2.75, 3.05) is 7.11 Å². The molecule has 2 atom stereocenters. The van der Waals surface area contributed by atoms with Crippen molar-refractivity contribution < 1.29 is 9.53 Å². The Morgan fingerprint density at radius 2 is 2.03 bits per heavy atom. The zero-order valence-electron chi connectivity index (χ0n) is 17.2. The summed E-state index contributed by atoms with van der Waals surface area (Å²) in [7, 11) is 3.26. The van der Waals surface area contributed by atoms with Crippen molar-refractivity contribution in [2.24, 2.45) is 13.0 Å². The molecule has 4 rings (SSSR count). The summed E-state index contributed by atoms with van der Waals surface area (Å²) in [5, 5.41) is 13.0. The van der Waals surface area contributed by atoms with Crippen LogP contribution in [0.15, 0.2) is 40.3 Å². The number of hydrogen-bond donors (Lipinski definition) is 0. The number of carbonyl (C=O) groups excluding carboxylic acids is 1. The molecule has 9 nitrogen and oxygen atoms in total. The number of nitrogens with zero attached hydrogens (tertiary/aromatic N) is 6. The molecular formula is C20H24N6O3S. The fourth-order valence-electron chi connectivity index (χ4n) is 3.98. The third kappa shape index (κ3) is 3.79. The van der Waals surface area contributed by atoms with Gasteiger partial charge in [-0.3, -0.25) is 14.3 Å². The summed E-state index contributed by atoms with van der Waals surface area (Å²) in [6.45, 7) is 1.88. The van der Waals surface area contributed by atoms with Gasteiger partial charge in [0.1, 0.15) is 0 Å². The molecule has 2 unspecified atom stereocenters. The normalized spacial score (nSPS) is 18.6. The second-order valence-corrected chi connectivity index (χ2v) is 8.75. The largest absolute Gasteiger partial charge is 0.469 e. The lowest BCUT2D eigenvalue weighted by Crippen LogP contribution is -2.22. The minimum atomic E-state index is -0.176. The topological polar surface area (TPSA) is 96.8 Å². The number of rotatable bonds is 6. The van der Waals surface area contributed by atoms with Gasteiger partial charge >= 0.3 is 5.97 Å². The summed E-state index contributed by atoms with van der Waals surface area (Å²) in [5.74, 6) is 0.143. The monoisotopic (exact) mass is 428 g/mol. The Kier molecular flexibility index (Phi) is 5.76. The summed E-state index contributed by atoms with van der Waals surface area (Å²) in [5.41, 5.74) is 1.82. The van der Waals surface area contributed by atoms with E-state index in [1.807, 2.05) is 49.0 Å². The number of para-hydroxylation sites is 1. The van der Waals surface area contributed by atoms with Crippen molar-refractivity contribution in [3.05, 3.63) is 46.4 Å². The van der Waals surface area contributed by atoms with E-state index >= 15 is 0 Å². The van der Waals surface area contributed by atoms with Crippen LogP contribution in [0.2, 0.25) is 0 Å². The van der Waals surface area contributed by atoms with E-state index < -0.39 is 0 Å². The molecule has 1 saturated carbocycles. The Morgan fingerprint density at radius 1 is 1.27 bits per heavy atom. The maximum Gasteiger partial charge on any atom is 0.305 e.